The molecule has 0 atom stereocenters. The third-order valence-electron chi connectivity index (χ3n) is 2.95. The maximum absolute atomic E-state index is 4.41. The lowest BCUT2D eigenvalue weighted by Gasteiger charge is -2.05. The summed E-state index contributed by atoms with van der Waals surface area (Å²) >= 11 is 0. The van der Waals surface area contributed by atoms with Crippen molar-refractivity contribution < 1.29 is 0 Å². The SMILES string of the molecule is CCNc1ncnc2c1cnn2Cc1ccccc1. The fourth-order valence-electron chi connectivity index (χ4n) is 2.07. The van der Waals surface area contributed by atoms with E-state index in [1.807, 2.05) is 36.0 Å². The molecule has 0 aliphatic carbocycles. The molecule has 1 aromatic carbocycles. The fourth-order valence-corrected chi connectivity index (χ4v) is 2.07. The molecule has 1 N–H and O–H groups in total. The van der Waals surface area contributed by atoms with Gasteiger partial charge in [0.25, 0.3) is 0 Å². The minimum atomic E-state index is 0.715. The zero-order chi connectivity index (χ0) is 13.1. The molecular formula is C14H15N5. The number of benzene rings is 1. The number of nitrogens with one attached hydrogen (secondary N) is 1. The van der Waals surface area contributed by atoms with Crippen LogP contribution in [0.4, 0.5) is 5.82 Å². The van der Waals surface area contributed by atoms with Gasteiger partial charge in [-0.2, -0.15) is 5.10 Å². The van der Waals surface area contributed by atoms with Crippen molar-refractivity contribution in [2.45, 2.75) is 13.5 Å². The molecule has 0 bridgehead atoms. The van der Waals surface area contributed by atoms with Crippen molar-refractivity contribution in [1.82, 2.24) is 19.7 Å². The molecule has 0 aliphatic rings. The van der Waals surface area contributed by atoms with Crippen molar-refractivity contribution in [3.8, 4) is 0 Å². The van der Waals surface area contributed by atoms with Gasteiger partial charge in [0.05, 0.1) is 18.1 Å². The molecule has 0 radical (unpaired) electrons. The molecular weight excluding hydrogens is 238 g/mol. The van der Waals surface area contributed by atoms with Crippen molar-refractivity contribution in [1.29, 1.82) is 0 Å². The lowest BCUT2D eigenvalue weighted by molar-refractivity contribution is 0.703. The van der Waals surface area contributed by atoms with Gasteiger partial charge in [0.15, 0.2) is 5.65 Å². The smallest absolute Gasteiger partial charge is 0.163 e. The minimum Gasteiger partial charge on any atom is -0.370 e. The first-order chi connectivity index (χ1) is 9.38. The fraction of sp³-hybridized carbons (Fsp3) is 0.214. The van der Waals surface area contributed by atoms with Crippen LogP contribution in [0.3, 0.4) is 0 Å². The topological polar surface area (TPSA) is 55.6 Å². The second kappa shape index (κ2) is 5.06. The van der Waals surface area contributed by atoms with Gasteiger partial charge in [-0.05, 0) is 12.5 Å². The van der Waals surface area contributed by atoms with Crippen LogP contribution in [0.25, 0.3) is 11.0 Å². The van der Waals surface area contributed by atoms with Crippen LogP contribution in [0.1, 0.15) is 12.5 Å². The zero-order valence-electron chi connectivity index (χ0n) is 10.7. The highest BCUT2D eigenvalue weighted by molar-refractivity contribution is 5.86. The summed E-state index contributed by atoms with van der Waals surface area (Å²) in [6, 6.07) is 10.2. The van der Waals surface area contributed by atoms with Crippen molar-refractivity contribution in [3.05, 3.63) is 48.4 Å². The molecule has 2 heterocycles. The van der Waals surface area contributed by atoms with E-state index in [0.717, 1.165) is 23.4 Å². The number of hydrogen-bond acceptors (Lipinski definition) is 4. The van der Waals surface area contributed by atoms with Crippen molar-refractivity contribution in [2.24, 2.45) is 0 Å². The van der Waals surface area contributed by atoms with E-state index in [1.165, 1.54) is 5.56 Å². The van der Waals surface area contributed by atoms with E-state index in [2.05, 4.69) is 32.5 Å². The van der Waals surface area contributed by atoms with E-state index in [0.29, 0.717) is 6.54 Å². The molecule has 0 saturated heterocycles. The average Bonchev–Trinajstić information content (AvgIpc) is 2.85. The molecule has 19 heavy (non-hydrogen) atoms. The maximum Gasteiger partial charge on any atom is 0.163 e. The summed E-state index contributed by atoms with van der Waals surface area (Å²) in [5, 5.41) is 8.59. The third-order valence-corrected chi connectivity index (χ3v) is 2.95. The summed E-state index contributed by atoms with van der Waals surface area (Å²) < 4.78 is 1.90. The summed E-state index contributed by atoms with van der Waals surface area (Å²) in [6.07, 6.45) is 3.39. The monoisotopic (exact) mass is 253 g/mol. The number of anilines is 1. The van der Waals surface area contributed by atoms with Crippen molar-refractivity contribution >= 4 is 16.9 Å². The zero-order valence-corrected chi connectivity index (χ0v) is 10.7. The summed E-state index contributed by atoms with van der Waals surface area (Å²) in [7, 11) is 0. The second-order valence-electron chi connectivity index (χ2n) is 4.28. The van der Waals surface area contributed by atoms with Gasteiger partial charge in [-0.1, -0.05) is 30.3 Å². The molecule has 3 rings (SSSR count). The highest BCUT2D eigenvalue weighted by Crippen LogP contribution is 2.19. The minimum absolute atomic E-state index is 0.715. The van der Waals surface area contributed by atoms with Gasteiger partial charge in [0.2, 0.25) is 0 Å². The molecule has 0 unspecified atom stereocenters. The van der Waals surface area contributed by atoms with Crippen LogP contribution in [0.15, 0.2) is 42.9 Å². The normalized spacial score (nSPS) is 10.8. The number of aromatic nitrogens is 4. The van der Waals surface area contributed by atoms with Gasteiger partial charge in [0.1, 0.15) is 12.1 Å². The Morgan fingerprint density at radius 2 is 2.00 bits per heavy atom. The largest absolute Gasteiger partial charge is 0.370 e. The molecule has 0 amide bonds. The second-order valence-corrected chi connectivity index (χ2v) is 4.28. The van der Waals surface area contributed by atoms with Gasteiger partial charge in [0, 0.05) is 6.54 Å². The van der Waals surface area contributed by atoms with Crippen LogP contribution in [-0.2, 0) is 6.54 Å². The first kappa shape index (κ1) is 11.6. The molecule has 5 heteroatoms. The molecule has 0 aliphatic heterocycles. The number of nitrogens with zero attached hydrogens (tertiary/aromatic N) is 4. The Kier molecular flexibility index (Phi) is 3.10. The quantitative estimate of drug-likeness (QED) is 0.775. The van der Waals surface area contributed by atoms with Crippen LogP contribution >= 0.6 is 0 Å². The molecule has 3 aromatic rings. The van der Waals surface area contributed by atoms with E-state index in [-0.39, 0.29) is 0 Å². The molecule has 5 nitrogen and oxygen atoms in total. The molecule has 0 saturated carbocycles. The molecule has 0 fully saturated rings. The predicted molar refractivity (Wildman–Crippen MR) is 75.0 cm³/mol. The summed E-state index contributed by atoms with van der Waals surface area (Å²) in [6.45, 7) is 3.59. The highest BCUT2D eigenvalue weighted by Gasteiger charge is 2.09. The highest BCUT2D eigenvalue weighted by atomic mass is 15.3. The predicted octanol–water partition coefficient (Wildman–Crippen LogP) is 2.31. The van der Waals surface area contributed by atoms with E-state index >= 15 is 0 Å². The Morgan fingerprint density at radius 1 is 1.16 bits per heavy atom. The Labute approximate surface area is 111 Å². The Balaban J connectivity index is 1.99. The van der Waals surface area contributed by atoms with Crippen molar-refractivity contribution in [3.63, 3.8) is 0 Å². The molecule has 2 aromatic heterocycles. The van der Waals surface area contributed by atoms with Gasteiger partial charge in [-0.25, -0.2) is 14.6 Å². The summed E-state index contributed by atoms with van der Waals surface area (Å²) in [4.78, 5) is 8.57. The average molecular weight is 253 g/mol. The lowest BCUT2D eigenvalue weighted by atomic mass is 10.2. The first-order valence-electron chi connectivity index (χ1n) is 6.33. The van der Waals surface area contributed by atoms with E-state index in [1.54, 1.807) is 6.33 Å². The van der Waals surface area contributed by atoms with Gasteiger partial charge in [-0.3, -0.25) is 0 Å². The van der Waals surface area contributed by atoms with Crippen LogP contribution in [0.2, 0.25) is 0 Å². The first-order valence-corrected chi connectivity index (χ1v) is 6.33. The van der Waals surface area contributed by atoms with Gasteiger partial charge >= 0.3 is 0 Å². The number of fused-ring (bicyclic) bond motifs is 1. The Morgan fingerprint density at radius 3 is 2.79 bits per heavy atom. The van der Waals surface area contributed by atoms with Crippen LogP contribution in [-0.4, -0.2) is 26.3 Å². The molecule has 0 spiro atoms. The number of hydrogen-bond donors (Lipinski definition) is 1. The third kappa shape index (κ3) is 2.27. The van der Waals surface area contributed by atoms with E-state index in [4.69, 9.17) is 0 Å². The Hall–Kier alpha value is -2.43. The molecule has 96 valence electrons. The number of rotatable bonds is 4. The summed E-state index contributed by atoms with van der Waals surface area (Å²) in [5.41, 5.74) is 2.06. The Bertz CT molecular complexity index is 675. The maximum atomic E-state index is 4.41. The van der Waals surface area contributed by atoms with Crippen molar-refractivity contribution in [2.75, 3.05) is 11.9 Å². The summed E-state index contributed by atoms with van der Waals surface area (Å²) in [5.74, 6) is 0.840. The standard InChI is InChI=1S/C14H15N5/c1-2-15-13-12-8-18-19(14(12)17-10-16-13)9-11-6-4-3-5-7-11/h3-8,10H,2,9H2,1H3,(H,15,16,17). The van der Waals surface area contributed by atoms with E-state index < -0.39 is 0 Å². The lowest BCUT2D eigenvalue weighted by Crippen LogP contribution is -2.04. The van der Waals surface area contributed by atoms with E-state index in [9.17, 15) is 0 Å². The van der Waals surface area contributed by atoms with Gasteiger partial charge in [-0.15, -0.1) is 0 Å². The van der Waals surface area contributed by atoms with Crippen LogP contribution < -0.4 is 5.32 Å². The van der Waals surface area contributed by atoms with Gasteiger partial charge < -0.3 is 5.32 Å². The van der Waals surface area contributed by atoms with Crippen LogP contribution in [0.5, 0.6) is 0 Å². The van der Waals surface area contributed by atoms with Crippen LogP contribution in [0, 0.1) is 0 Å².